The van der Waals surface area contributed by atoms with Crippen LogP contribution in [0.2, 0.25) is 0 Å². The molecule has 1 N–H and O–H groups in total. The van der Waals surface area contributed by atoms with Gasteiger partial charge < -0.3 is 14.6 Å². The summed E-state index contributed by atoms with van der Waals surface area (Å²) < 4.78 is 11.1. The van der Waals surface area contributed by atoms with Crippen LogP contribution >= 0.6 is 0 Å². The highest BCUT2D eigenvalue weighted by atomic mass is 16.5. The smallest absolute Gasteiger partial charge is 0.344 e. The number of hydrogen-bond donors (Lipinski definition) is 1. The van der Waals surface area contributed by atoms with E-state index in [1.165, 1.54) is 6.42 Å². The first-order chi connectivity index (χ1) is 13.7. The zero-order valence-electron chi connectivity index (χ0n) is 16.6. The lowest BCUT2D eigenvalue weighted by Gasteiger charge is -2.27. The van der Waals surface area contributed by atoms with Crippen LogP contribution in [-0.2, 0) is 14.3 Å². The average molecular weight is 385 g/mol. The summed E-state index contributed by atoms with van der Waals surface area (Å²) >= 11 is 0. The van der Waals surface area contributed by atoms with E-state index in [1.807, 2.05) is 42.5 Å². The van der Waals surface area contributed by atoms with Crippen molar-refractivity contribution in [3.8, 4) is 0 Å². The number of rotatable bonds is 14. The molecule has 2 rings (SSSR count). The highest BCUT2D eigenvalue weighted by Gasteiger charge is 2.36. The fourth-order valence-electron chi connectivity index (χ4n) is 3.23. The monoisotopic (exact) mass is 384 g/mol. The molecule has 4 nitrogen and oxygen atoms in total. The third-order valence-electron chi connectivity index (χ3n) is 4.88. The second-order valence-electron chi connectivity index (χ2n) is 7.09. The second-order valence-corrected chi connectivity index (χ2v) is 7.09. The van der Waals surface area contributed by atoms with Crippen molar-refractivity contribution in [2.24, 2.45) is 0 Å². The van der Waals surface area contributed by atoms with Gasteiger partial charge in [0.2, 0.25) is 5.60 Å². The molecule has 152 valence electrons. The van der Waals surface area contributed by atoms with E-state index in [1.54, 1.807) is 18.2 Å². The Hall–Kier alpha value is -2.17. The van der Waals surface area contributed by atoms with Crippen molar-refractivity contribution < 1.29 is 19.4 Å². The number of hydrogen-bond acceptors (Lipinski definition) is 3. The van der Waals surface area contributed by atoms with Gasteiger partial charge in [0.15, 0.2) is 0 Å². The van der Waals surface area contributed by atoms with Gasteiger partial charge in [-0.25, -0.2) is 4.79 Å². The summed E-state index contributed by atoms with van der Waals surface area (Å²) in [6, 6.07) is 10.0. The Morgan fingerprint density at radius 3 is 2.21 bits per heavy atom. The summed E-state index contributed by atoms with van der Waals surface area (Å²) in [5.41, 5.74) is -0.197. The minimum absolute atomic E-state index is 0.0905. The molecule has 1 aliphatic rings. The van der Waals surface area contributed by atoms with Crippen molar-refractivity contribution in [3.05, 3.63) is 72.9 Å². The van der Waals surface area contributed by atoms with Crippen LogP contribution in [-0.4, -0.2) is 36.5 Å². The maximum atomic E-state index is 11.8. The van der Waals surface area contributed by atoms with Crippen molar-refractivity contribution in [3.63, 3.8) is 0 Å². The van der Waals surface area contributed by atoms with Crippen LogP contribution in [0.25, 0.3) is 0 Å². The molecule has 0 saturated heterocycles. The Balaban J connectivity index is 1.66. The van der Waals surface area contributed by atoms with Crippen LogP contribution in [0, 0.1) is 0 Å². The highest BCUT2D eigenvalue weighted by molar-refractivity contribution is 5.83. The first kappa shape index (κ1) is 22.1. The van der Waals surface area contributed by atoms with Gasteiger partial charge in [0, 0.05) is 19.1 Å². The first-order valence-corrected chi connectivity index (χ1v) is 10.2. The first-order valence-electron chi connectivity index (χ1n) is 10.2. The topological polar surface area (TPSA) is 55.8 Å². The van der Waals surface area contributed by atoms with Crippen LogP contribution in [0.5, 0.6) is 0 Å². The van der Waals surface area contributed by atoms with Crippen molar-refractivity contribution in [1.29, 1.82) is 0 Å². The van der Waals surface area contributed by atoms with E-state index in [2.05, 4.69) is 6.58 Å². The summed E-state index contributed by atoms with van der Waals surface area (Å²) in [5.74, 6) is -0.876. The van der Waals surface area contributed by atoms with Crippen LogP contribution in [0.15, 0.2) is 67.3 Å². The molecule has 28 heavy (non-hydrogen) atoms. The Morgan fingerprint density at radius 1 is 1.00 bits per heavy atom. The molecule has 0 amide bonds. The lowest BCUT2D eigenvalue weighted by Crippen LogP contribution is -2.39. The number of unbranched alkanes of at least 4 members (excludes halogenated alkanes) is 5. The van der Waals surface area contributed by atoms with Gasteiger partial charge in [-0.2, -0.15) is 0 Å². The van der Waals surface area contributed by atoms with Crippen LogP contribution in [0.4, 0.5) is 0 Å². The van der Waals surface area contributed by atoms with Crippen molar-refractivity contribution >= 4 is 5.97 Å². The van der Waals surface area contributed by atoms with Crippen LogP contribution < -0.4 is 0 Å². The minimum atomic E-state index is -1.34. The normalized spacial score (nSPS) is 20.9. The molecule has 1 aliphatic carbocycles. The summed E-state index contributed by atoms with van der Waals surface area (Å²) in [6.45, 7) is 5.48. The van der Waals surface area contributed by atoms with E-state index < -0.39 is 11.6 Å². The molecule has 0 aromatic heterocycles. The molecule has 0 unspecified atom stereocenters. The Bertz CT molecular complexity index is 634. The van der Waals surface area contributed by atoms with E-state index in [0.717, 1.165) is 44.3 Å². The molecule has 0 bridgehead atoms. The van der Waals surface area contributed by atoms with E-state index in [0.29, 0.717) is 13.2 Å². The van der Waals surface area contributed by atoms with Crippen LogP contribution in [0.1, 0.15) is 50.0 Å². The van der Waals surface area contributed by atoms with Crippen molar-refractivity contribution in [2.45, 2.75) is 50.0 Å². The third kappa shape index (κ3) is 7.10. The van der Waals surface area contributed by atoms with Gasteiger partial charge in [0.1, 0.15) is 0 Å². The zero-order chi connectivity index (χ0) is 20.1. The van der Waals surface area contributed by atoms with E-state index in [9.17, 15) is 9.90 Å². The van der Waals surface area contributed by atoms with Crippen LogP contribution in [0.3, 0.4) is 0 Å². The van der Waals surface area contributed by atoms with Gasteiger partial charge >= 0.3 is 5.97 Å². The quantitative estimate of drug-likeness (QED) is 0.350. The van der Waals surface area contributed by atoms with Gasteiger partial charge in [-0.3, -0.25) is 0 Å². The molecular weight excluding hydrogens is 352 g/mol. The number of carboxylic acids is 1. The summed E-state index contributed by atoms with van der Waals surface area (Å²) in [6.07, 6.45) is 15.4. The summed E-state index contributed by atoms with van der Waals surface area (Å²) in [7, 11) is 0. The number of ether oxygens (including phenoxy) is 2. The highest BCUT2D eigenvalue weighted by Crippen LogP contribution is 2.29. The van der Waals surface area contributed by atoms with Crippen molar-refractivity contribution in [1.82, 2.24) is 0 Å². The SMILES string of the molecule is C=CCOCCCCCCCCOC1(C(=O)O)C=CC(c2ccccc2)C=C1. The molecule has 0 heterocycles. The standard InChI is InChI=1S/C24H32O4/c1-2-18-27-19-10-5-3-4-6-11-20-28-24(23(25)26)16-14-22(15-17-24)21-12-8-7-9-13-21/h2,7-9,12-17,22H,1,3-6,10-11,18-20H2,(H,25,26). The van der Waals surface area contributed by atoms with E-state index in [-0.39, 0.29) is 5.92 Å². The molecule has 1 aromatic carbocycles. The molecule has 1 aromatic rings. The molecular formula is C24H32O4. The van der Waals surface area contributed by atoms with Crippen molar-refractivity contribution in [2.75, 3.05) is 19.8 Å². The van der Waals surface area contributed by atoms with Gasteiger partial charge in [-0.05, 0) is 30.6 Å². The van der Waals surface area contributed by atoms with Gasteiger partial charge in [0.25, 0.3) is 0 Å². The molecule has 0 radical (unpaired) electrons. The molecule has 0 spiro atoms. The number of carbonyl (C=O) groups is 1. The zero-order valence-corrected chi connectivity index (χ0v) is 16.6. The lowest BCUT2D eigenvalue weighted by molar-refractivity contribution is -0.154. The Labute approximate surface area is 168 Å². The Morgan fingerprint density at radius 2 is 1.61 bits per heavy atom. The second kappa shape index (κ2) is 12.3. The maximum Gasteiger partial charge on any atom is 0.344 e. The number of carboxylic acid groups (broad SMARTS) is 1. The molecule has 0 saturated carbocycles. The summed E-state index contributed by atoms with van der Waals surface area (Å²) in [5, 5.41) is 9.66. The predicted molar refractivity (Wildman–Crippen MR) is 112 cm³/mol. The predicted octanol–water partition coefficient (Wildman–Crippen LogP) is 5.28. The molecule has 0 aliphatic heterocycles. The number of allylic oxidation sites excluding steroid dienone is 2. The lowest BCUT2D eigenvalue weighted by atomic mass is 9.88. The average Bonchev–Trinajstić information content (AvgIpc) is 2.73. The Kier molecular flexibility index (Phi) is 9.73. The van der Waals surface area contributed by atoms with E-state index in [4.69, 9.17) is 9.47 Å². The molecule has 0 atom stereocenters. The maximum absolute atomic E-state index is 11.8. The molecule has 0 fully saturated rings. The summed E-state index contributed by atoms with van der Waals surface area (Å²) in [4.78, 5) is 11.8. The van der Waals surface area contributed by atoms with E-state index >= 15 is 0 Å². The third-order valence-corrected chi connectivity index (χ3v) is 4.88. The van der Waals surface area contributed by atoms with Gasteiger partial charge in [-0.1, -0.05) is 74.2 Å². The fraction of sp³-hybridized carbons (Fsp3) is 0.458. The number of benzene rings is 1. The molecule has 4 heteroatoms. The van der Waals surface area contributed by atoms with Gasteiger partial charge in [0.05, 0.1) is 6.61 Å². The minimum Gasteiger partial charge on any atom is -0.479 e. The largest absolute Gasteiger partial charge is 0.479 e. The van der Waals surface area contributed by atoms with Gasteiger partial charge in [-0.15, -0.1) is 6.58 Å². The number of aliphatic carboxylic acids is 1. The fourth-order valence-corrected chi connectivity index (χ4v) is 3.23.